The van der Waals surface area contributed by atoms with E-state index in [1.165, 1.54) is 13.0 Å². The number of rotatable bonds is 7. The summed E-state index contributed by atoms with van der Waals surface area (Å²) in [5, 5.41) is 2.49. The normalized spacial score (nSPS) is 10.9. The van der Waals surface area contributed by atoms with E-state index in [9.17, 15) is 22.8 Å². The van der Waals surface area contributed by atoms with Crippen molar-refractivity contribution in [3.63, 3.8) is 0 Å². The number of hydrogen-bond acceptors (Lipinski definition) is 3. The van der Waals surface area contributed by atoms with E-state index >= 15 is 0 Å². The number of Topliss-reactive ketones (excluding diaryl/α,β-unsaturated/α-hetero) is 1. The van der Waals surface area contributed by atoms with Crippen molar-refractivity contribution < 1.29 is 27.5 Å². The van der Waals surface area contributed by atoms with Crippen molar-refractivity contribution in [3.05, 3.63) is 46.5 Å². The summed E-state index contributed by atoms with van der Waals surface area (Å²) in [5.41, 5.74) is 1.96. The highest BCUT2D eigenvalue weighted by Gasteiger charge is 2.22. The van der Waals surface area contributed by atoms with Crippen molar-refractivity contribution >= 4 is 17.4 Å². The number of halogens is 3. The number of amides is 1. The van der Waals surface area contributed by atoms with Crippen LogP contribution in [0.4, 0.5) is 18.9 Å². The molecule has 8 heteroatoms. The summed E-state index contributed by atoms with van der Waals surface area (Å²) < 4.78 is 42.1. The van der Waals surface area contributed by atoms with Gasteiger partial charge in [0, 0.05) is 23.0 Å². The molecular formula is C18H19F3N2O3. The Hall–Kier alpha value is -2.77. The van der Waals surface area contributed by atoms with Crippen LogP contribution < -0.4 is 10.1 Å². The van der Waals surface area contributed by atoms with Crippen LogP contribution in [-0.2, 0) is 6.42 Å². The van der Waals surface area contributed by atoms with E-state index in [2.05, 4.69) is 15.0 Å². The fourth-order valence-corrected chi connectivity index (χ4v) is 2.81. The molecule has 0 saturated carbocycles. The number of hydrogen-bond donors (Lipinski definition) is 2. The number of anilines is 1. The molecule has 5 nitrogen and oxygen atoms in total. The summed E-state index contributed by atoms with van der Waals surface area (Å²) >= 11 is 0. The van der Waals surface area contributed by atoms with Gasteiger partial charge in [0.2, 0.25) is 0 Å². The lowest BCUT2D eigenvalue weighted by Crippen LogP contribution is -2.15. The van der Waals surface area contributed by atoms with E-state index in [4.69, 9.17) is 0 Å². The van der Waals surface area contributed by atoms with Gasteiger partial charge < -0.3 is 15.0 Å². The van der Waals surface area contributed by atoms with Crippen molar-refractivity contribution in [1.82, 2.24) is 4.98 Å². The Kier molecular flexibility index (Phi) is 6.07. The van der Waals surface area contributed by atoms with E-state index in [0.717, 1.165) is 18.6 Å². The maximum absolute atomic E-state index is 13.8. The predicted molar refractivity (Wildman–Crippen MR) is 90.5 cm³/mol. The third-order valence-corrected chi connectivity index (χ3v) is 3.78. The predicted octanol–water partition coefficient (Wildman–Crippen LogP) is 4.47. The largest absolute Gasteiger partial charge is 0.432 e. The van der Waals surface area contributed by atoms with Gasteiger partial charge in [-0.3, -0.25) is 9.59 Å². The van der Waals surface area contributed by atoms with Crippen LogP contribution >= 0.6 is 0 Å². The maximum atomic E-state index is 13.8. The molecule has 0 aliphatic carbocycles. The van der Waals surface area contributed by atoms with Gasteiger partial charge in [-0.1, -0.05) is 13.3 Å². The van der Waals surface area contributed by atoms with Gasteiger partial charge in [-0.05, 0) is 38.0 Å². The summed E-state index contributed by atoms with van der Waals surface area (Å²) in [6.45, 7) is 1.90. The van der Waals surface area contributed by atoms with Crippen LogP contribution in [0.1, 0.15) is 52.4 Å². The van der Waals surface area contributed by atoms with Gasteiger partial charge >= 0.3 is 6.61 Å². The smallest absolute Gasteiger partial charge is 0.387 e. The Bertz CT molecular complexity index is 831. The second-order valence-corrected chi connectivity index (χ2v) is 5.76. The molecule has 0 saturated heterocycles. The second-order valence-electron chi connectivity index (χ2n) is 5.76. The van der Waals surface area contributed by atoms with Crippen LogP contribution in [0.15, 0.2) is 18.2 Å². The molecule has 0 spiro atoms. The Labute approximate surface area is 148 Å². The minimum atomic E-state index is -3.14. The number of aromatic nitrogens is 1. The lowest BCUT2D eigenvalue weighted by molar-refractivity contribution is -0.0521. The molecule has 0 fully saturated rings. The average Bonchev–Trinajstić information content (AvgIpc) is 2.86. The fraction of sp³-hybridized carbons (Fsp3) is 0.333. The van der Waals surface area contributed by atoms with E-state index in [1.807, 2.05) is 6.92 Å². The van der Waals surface area contributed by atoms with Gasteiger partial charge in [0.1, 0.15) is 5.69 Å². The molecule has 0 bridgehead atoms. The number of carbonyl (C=O) groups excluding carboxylic acids is 2. The van der Waals surface area contributed by atoms with Crippen LogP contribution in [0.2, 0.25) is 0 Å². The van der Waals surface area contributed by atoms with Gasteiger partial charge in [0.15, 0.2) is 17.3 Å². The van der Waals surface area contributed by atoms with E-state index in [1.54, 1.807) is 6.92 Å². The number of aromatic amines is 1. The highest BCUT2D eigenvalue weighted by atomic mass is 19.3. The molecule has 0 unspecified atom stereocenters. The standard InChI is InChI=1S/C18H19F3N2O3/c1-4-5-12-15(10(3)24)9(2)22-16(12)17(25)23-11-6-7-14(13(19)8-11)26-18(20)21/h6-8,18,22H,4-5H2,1-3H3,(H,23,25). The molecule has 2 rings (SSSR count). The molecule has 0 aliphatic rings. The van der Waals surface area contributed by atoms with Crippen molar-refractivity contribution in [2.24, 2.45) is 0 Å². The van der Waals surface area contributed by atoms with Crippen LogP contribution in [0.25, 0.3) is 0 Å². The van der Waals surface area contributed by atoms with Gasteiger partial charge in [-0.2, -0.15) is 8.78 Å². The maximum Gasteiger partial charge on any atom is 0.387 e. The first-order chi connectivity index (χ1) is 12.2. The zero-order valence-electron chi connectivity index (χ0n) is 14.6. The summed E-state index contributed by atoms with van der Waals surface area (Å²) in [6.07, 6.45) is 1.25. The van der Waals surface area contributed by atoms with Crippen LogP contribution in [0, 0.1) is 12.7 Å². The highest BCUT2D eigenvalue weighted by Crippen LogP contribution is 2.25. The summed E-state index contributed by atoms with van der Waals surface area (Å²) in [7, 11) is 0. The van der Waals surface area contributed by atoms with Crippen LogP contribution in [-0.4, -0.2) is 23.3 Å². The first-order valence-electron chi connectivity index (χ1n) is 8.02. The molecule has 0 radical (unpaired) electrons. The third kappa shape index (κ3) is 4.25. The molecular weight excluding hydrogens is 349 g/mol. The van der Waals surface area contributed by atoms with Gasteiger partial charge in [0.25, 0.3) is 5.91 Å². The quantitative estimate of drug-likeness (QED) is 0.709. The van der Waals surface area contributed by atoms with Crippen molar-refractivity contribution in [1.29, 1.82) is 0 Å². The summed E-state index contributed by atoms with van der Waals surface area (Å²) in [6, 6.07) is 3.14. The molecule has 1 aromatic carbocycles. The van der Waals surface area contributed by atoms with Gasteiger partial charge in [0.05, 0.1) is 0 Å². The molecule has 140 valence electrons. The second kappa shape index (κ2) is 8.07. The number of ether oxygens (including phenoxy) is 1. The molecule has 2 N–H and O–H groups in total. The van der Waals surface area contributed by atoms with Gasteiger partial charge in [-0.25, -0.2) is 4.39 Å². The number of nitrogens with one attached hydrogen (secondary N) is 2. The monoisotopic (exact) mass is 368 g/mol. The molecule has 1 amide bonds. The number of ketones is 1. The molecule has 0 aliphatic heterocycles. The lowest BCUT2D eigenvalue weighted by Gasteiger charge is -2.09. The fourth-order valence-electron chi connectivity index (χ4n) is 2.81. The number of aryl methyl sites for hydroxylation is 1. The summed E-state index contributed by atoms with van der Waals surface area (Å²) in [5.74, 6) is -2.34. The first-order valence-corrected chi connectivity index (χ1v) is 8.02. The molecule has 2 aromatic rings. The Morgan fingerprint density at radius 1 is 1.31 bits per heavy atom. The Balaban J connectivity index is 2.29. The minimum Gasteiger partial charge on any atom is -0.432 e. The average molecular weight is 368 g/mol. The van der Waals surface area contributed by atoms with E-state index in [-0.39, 0.29) is 17.2 Å². The summed E-state index contributed by atoms with van der Waals surface area (Å²) in [4.78, 5) is 27.3. The zero-order valence-corrected chi connectivity index (χ0v) is 14.6. The molecule has 26 heavy (non-hydrogen) atoms. The van der Waals surface area contributed by atoms with E-state index in [0.29, 0.717) is 23.2 Å². The van der Waals surface area contributed by atoms with Crippen LogP contribution in [0.3, 0.4) is 0 Å². The van der Waals surface area contributed by atoms with Crippen molar-refractivity contribution in [3.8, 4) is 5.75 Å². The first kappa shape index (κ1) is 19.6. The number of H-pyrrole nitrogens is 1. The number of alkyl halides is 2. The minimum absolute atomic E-state index is 0.0770. The van der Waals surface area contributed by atoms with Crippen molar-refractivity contribution in [2.75, 3.05) is 5.32 Å². The lowest BCUT2D eigenvalue weighted by atomic mass is 10.0. The topological polar surface area (TPSA) is 71.2 Å². The third-order valence-electron chi connectivity index (χ3n) is 3.78. The zero-order chi connectivity index (χ0) is 19.4. The van der Waals surface area contributed by atoms with Gasteiger partial charge in [-0.15, -0.1) is 0 Å². The number of benzene rings is 1. The Morgan fingerprint density at radius 3 is 2.54 bits per heavy atom. The van der Waals surface area contributed by atoms with Crippen LogP contribution in [0.5, 0.6) is 5.75 Å². The SMILES string of the molecule is CCCc1c(C(=O)Nc2ccc(OC(F)F)c(F)c2)[nH]c(C)c1C(C)=O. The number of carbonyl (C=O) groups is 2. The highest BCUT2D eigenvalue weighted by molar-refractivity contribution is 6.07. The van der Waals surface area contributed by atoms with Crippen molar-refractivity contribution in [2.45, 2.75) is 40.2 Å². The Morgan fingerprint density at radius 2 is 2.00 bits per heavy atom. The molecule has 1 aromatic heterocycles. The van der Waals surface area contributed by atoms with E-state index < -0.39 is 24.1 Å². The molecule has 1 heterocycles. The molecule has 0 atom stereocenters.